The van der Waals surface area contributed by atoms with Crippen LogP contribution in [0.25, 0.3) is 0 Å². The van der Waals surface area contributed by atoms with Gasteiger partial charge in [-0.3, -0.25) is 0 Å². The molecule has 21 heavy (non-hydrogen) atoms. The highest BCUT2D eigenvalue weighted by Crippen LogP contribution is 2.14. The van der Waals surface area contributed by atoms with Crippen LogP contribution in [0.5, 0.6) is 5.75 Å². The van der Waals surface area contributed by atoms with Gasteiger partial charge in [-0.25, -0.2) is 9.18 Å². The Labute approximate surface area is 124 Å². The van der Waals surface area contributed by atoms with Crippen LogP contribution in [0.2, 0.25) is 0 Å². The first kappa shape index (κ1) is 15.6. The third-order valence-electron chi connectivity index (χ3n) is 3.33. The first-order valence-corrected chi connectivity index (χ1v) is 7.21. The van der Waals surface area contributed by atoms with Gasteiger partial charge in [0.1, 0.15) is 17.7 Å². The molecule has 0 saturated carbocycles. The van der Waals surface area contributed by atoms with Crippen LogP contribution in [0.1, 0.15) is 13.3 Å². The van der Waals surface area contributed by atoms with Crippen LogP contribution >= 0.6 is 0 Å². The largest absolute Gasteiger partial charge is 0.489 e. The van der Waals surface area contributed by atoms with Gasteiger partial charge in [-0.2, -0.15) is 0 Å². The predicted octanol–water partition coefficient (Wildman–Crippen LogP) is 2.02. The van der Waals surface area contributed by atoms with Crippen molar-refractivity contribution in [1.82, 2.24) is 10.2 Å². The zero-order valence-corrected chi connectivity index (χ0v) is 12.2. The summed E-state index contributed by atoms with van der Waals surface area (Å²) in [6, 6.07) is 5.90. The molecule has 0 bridgehead atoms. The van der Waals surface area contributed by atoms with Gasteiger partial charge < -0.3 is 19.7 Å². The minimum absolute atomic E-state index is 0.111. The van der Waals surface area contributed by atoms with Gasteiger partial charge in [-0.15, -0.1) is 0 Å². The van der Waals surface area contributed by atoms with Gasteiger partial charge in [0.2, 0.25) is 0 Å². The molecule has 1 heterocycles. The molecule has 1 fully saturated rings. The Morgan fingerprint density at radius 2 is 2.24 bits per heavy atom. The third kappa shape index (κ3) is 4.90. The minimum Gasteiger partial charge on any atom is -0.489 e. The van der Waals surface area contributed by atoms with Crippen molar-refractivity contribution < 1.29 is 18.7 Å². The maximum Gasteiger partial charge on any atom is 0.317 e. The van der Waals surface area contributed by atoms with E-state index in [0.717, 1.165) is 6.42 Å². The second kappa shape index (κ2) is 7.83. The highest BCUT2D eigenvalue weighted by Gasteiger charge is 2.18. The van der Waals surface area contributed by atoms with Crippen molar-refractivity contribution in [3.8, 4) is 5.75 Å². The van der Waals surface area contributed by atoms with E-state index in [2.05, 4.69) is 5.32 Å². The van der Waals surface area contributed by atoms with E-state index in [1.54, 1.807) is 17.0 Å². The second-order valence-electron chi connectivity index (χ2n) is 4.89. The summed E-state index contributed by atoms with van der Waals surface area (Å²) in [6.45, 7) is 4.71. The van der Waals surface area contributed by atoms with Crippen LogP contribution in [-0.4, -0.2) is 49.9 Å². The number of hydrogen-bond donors (Lipinski definition) is 1. The summed E-state index contributed by atoms with van der Waals surface area (Å²) in [5, 5.41) is 2.85. The number of carbonyl (C=O) groups is 1. The van der Waals surface area contributed by atoms with E-state index in [1.807, 2.05) is 6.92 Å². The number of carbonyl (C=O) groups excluding carboxylic acids is 1. The van der Waals surface area contributed by atoms with E-state index in [0.29, 0.717) is 38.6 Å². The Balaban J connectivity index is 1.80. The highest BCUT2D eigenvalue weighted by molar-refractivity contribution is 5.74. The molecule has 2 rings (SSSR count). The van der Waals surface area contributed by atoms with Gasteiger partial charge in [0.15, 0.2) is 0 Å². The standard InChI is InChI=1S/C15H21FN2O3/c1-2-13(21-14-5-3-4-12(16)10-14)11-17-15(19)18-6-8-20-9-7-18/h3-5,10,13H,2,6-9,11H2,1H3,(H,17,19)/t13-/m0/s1. The molecule has 0 aliphatic carbocycles. The maximum absolute atomic E-state index is 13.1. The van der Waals surface area contributed by atoms with Gasteiger partial charge in [0, 0.05) is 19.2 Å². The predicted molar refractivity (Wildman–Crippen MR) is 76.9 cm³/mol. The molecule has 0 spiro atoms. The van der Waals surface area contributed by atoms with E-state index in [1.165, 1.54) is 12.1 Å². The number of nitrogens with one attached hydrogen (secondary N) is 1. The number of amides is 2. The van der Waals surface area contributed by atoms with Crippen molar-refractivity contribution in [1.29, 1.82) is 0 Å². The first-order valence-electron chi connectivity index (χ1n) is 7.21. The number of urea groups is 1. The molecule has 0 radical (unpaired) electrons. The molecule has 1 aromatic carbocycles. The van der Waals surface area contributed by atoms with E-state index < -0.39 is 0 Å². The van der Waals surface area contributed by atoms with Crippen molar-refractivity contribution in [3.63, 3.8) is 0 Å². The molecule has 1 saturated heterocycles. The lowest BCUT2D eigenvalue weighted by Gasteiger charge is -2.28. The molecule has 1 aromatic rings. The maximum atomic E-state index is 13.1. The summed E-state index contributed by atoms with van der Waals surface area (Å²) in [4.78, 5) is 13.7. The Hall–Kier alpha value is -1.82. The van der Waals surface area contributed by atoms with Crippen molar-refractivity contribution in [3.05, 3.63) is 30.1 Å². The molecule has 5 nitrogen and oxygen atoms in total. The lowest BCUT2D eigenvalue weighted by Crippen LogP contribution is -2.48. The number of hydrogen-bond acceptors (Lipinski definition) is 3. The van der Waals surface area contributed by atoms with E-state index >= 15 is 0 Å². The summed E-state index contributed by atoms with van der Waals surface area (Å²) in [7, 11) is 0. The lowest BCUT2D eigenvalue weighted by atomic mass is 10.2. The fourth-order valence-corrected chi connectivity index (χ4v) is 2.08. The molecular formula is C15H21FN2O3. The van der Waals surface area contributed by atoms with Crippen LogP contribution < -0.4 is 10.1 Å². The lowest BCUT2D eigenvalue weighted by molar-refractivity contribution is 0.0524. The molecular weight excluding hydrogens is 275 g/mol. The normalized spacial score (nSPS) is 16.4. The molecule has 6 heteroatoms. The highest BCUT2D eigenvalue weighted by atomic mass is 19.1. The molecule has 1 aliphatic rings. The zero-order valence-electron chi connectivity index (χ0n) is 12.2. The fourth-order valence-electron chi connectivity index (χ4n) is 2.08. The molecule has 0 unspecified atom stereocenters. The summed E-state index contributed by atoms with van der Waals surface area (Å²) < 4.78 is 24.0. The topological polar surface area (TPSA) is 50.8 Å². The Morgan fingerprint density at radius 1 is 1.48 bits per heavy atom. The van der Waals surface area contributed by atoms with Gasteiger partial charge in [0.25, 0.3) is 0 Å². The molecule has 2 amide bonds. The van der Waals surface area contributed by atoms with E-state index in [-0.39, 0.29) is 18.0 Å². The number of halogens is 1. The van der Waals surface area contributed by atoms with Gasteiger partial charge in [-0.1, -0.05) is 13.0 Å². The SMILES string of the molecule is CC[C@@H](CNC(=O)N1CCOCC1)Oc1cccc(F)c1. The minimum atomic E-state index is -0.334. The number of ether oxygens (including phenoxy) is 2. The summed E-state index contributed by atoms with van der Waals surface area (Å²) in [6.07, 6.45) is 0.539. The van der Waals surface area contributed by atoms with Crippen LogP contribution in [-0.2, 0) is 4.74 Å². The van der Waals surface area contributed by atoms with E-state index in [4.69, 9.17) is 9.47 Å². The third-order valence-corrected chi connectivity index (χ3v) is 3.33. The van der Waals surface area contributed by atoms with E-state index in [9.17, 15) is 9.18 Å². The molecule has 116 valence electrons. The zero-order chi connectivity index (χ0) is 15.1. The van der Waals surface area contributed by atoms with Crippen molar-refractivity contribution in [2.45, 2.75) is 19.4 Å². The number of morpholine rings is 1. The molecule has 0 aromatic heterocycles. The molecule has 1 aliphatic heterocycles. The van der Waals surface area contributed by atoms with Gasteiger partial charge >= 0.3 is 6.03 Å². The molecule has 1 N–H and O–H groups in total. The van der Waals surface area contributed by atoms with Crippen molar-refractivity contribution in [2.75, 3.05) is 32.8 Å². The number of benzene rings is 1. The van der Waals surface area contributed by atoms with Crippen molar-refractivity contribution in [2.24, 2.45) is 0 Å². The second-order valence-corrected chi connectivity index (χ2v) is 4.89. The van der Waals surface area contributed by atoms with Crippen LogP contribution in [0.4, 0.5) is 9.18 Å². The average molecular weight is 296 g/mol. The first-order chi connectivity index (χ1) is 10.2. The smallest absolute Gasteiger partial charge is 0.317 e. The number of rotatable bonds is 5. The summed E-state index contributed by atoms with van der Waals surface area (Å²) in [5.41, 5.74) is 0. The van der Waals surface area contributed by atoms with Gasteiger partial charge in [0.05, 0.1) is 19.8 Å². The quantitative estimate of drug-likeness (QED) is 0.904. The fraction of sp³-hybridized carbons (Fsp3) is 0.533. The Morgan fingerprint density at radius 3 is 2.90 bits per heavy atom. The molecule has 1 atom stereocenters. The number of nitrogens with zero attached hydrogens (tertiary/aromatic N) is 1. The Kier molecular flexibility index (Phi) is 5.80. The summed E-state index contributed by atoms with van der Waals surface area (Å²) in [5.74, 6) is 0.141. The Bertz CT molecular complexity index is 464. The van der Waals surface area contributed by atoms with Crippen LogP contribution in [0.15, 0.2) is 24.3 Å². The van der Waals surface area contributed by atoms with Gasteiger partial charge in [-0.05, 0) is 18.6 Å². The van der Waals surface area contributed by atoms with Crippen LogP contribution in [0.3, 0.4) is 0 Å². The van der Waals surface area contributed by atoms with Crippen LogP contribution in [0, 0.1) is 5.82 Å². The summed E-state index contributed by atoms with van der Waals surface area (Å²) >= 11 is 0. The average Bonchev–Trinajstić information content (AvgIpc) is 2.52. The van der Waals surface area contributed by atoms with Crippen molar-refractivity contribution >= 4 is 6.03 Å². The monoisotopic (exact) mass is 296 g/mol.